The van der Waals surface area contributed by atoms with Gasteiger partial charge in [0.05, 0.1) is 0 Å². The highest BCUT2D eigenvalue weighted by molar-refractivity contribution is 5.76. The molecular formula is C14H30N2O. The van der Waals surface area contributed by atoms with E-state index in [2.05, 4.69) is 26.1 Å². The second-order valence-electron chi connectivity index (χ2n) is 5.19. The highest BCUT2D eigenvalue weighted by Gasteiger charge is 2.09. The Bertz CT molecular complexity index is 195. The molecule has 0 aliphatic heterocycles. The molecule has 0 fully saturated rings. The summed E-state index contributed by atoms with van der Waals surface area (Å²) in [6.07, 6.45) is 7.40. The molecule has 0 aliphatic carbocycles. The number of rotatable bonds is 10. The van der Waals surface area contributed by atoms with Crippen molar-refractivity contribution in [2.75, 3.05) is 6.54 Å². The molecule has 0 saturated carbocycles. The van der Waals surface area contributed by atoms with E-state index in [4.69, 9.17) is 5.73 Å². The third kappa shape index (κ3) is 10.3. The second kappa shape index (κ2) is 10.6. The van der Waals surface area contributed by atoms with Crippen LogP contribution in [-0.4, -0.2) is 18.5 Å². The van der Waals surface area contributed by atoms with Crippen molar-refractivity contribution in [3.8, 4) is 0 Å². The number of nitrogens with one attached hydrogen (secondary N) is 1. The van der Waals surface area contributed by atoms with Gasteiger partial charge in [-0.3, -0.25) is 4.79 Å². The summed E-state index contributed by atoms with van der Waals surface area (Å²) < 4.78 is 0. The molecule has 17 heavy (non-hydrogen) atoms. The zero-order chi connectivity index (χ0) is 13.1. The standard InChI is InChI=1S/C14H30N2O/c1-4-5-6-7-13(3)16-14(17)9-8-12(2)10-11-15/h12-13H,4-11,15H2,1-3H3,(H,16,17). The van der Waals surface area contributed by atoms with Gasteiger partial charge >= 0.3 is 0 Å². The third-order valence-electron chi connectivity index (χ3n) is 3.17. The van der Waals surface area contributed by atoms with Crippen LogP contribution in [0.15, 0.2) is 0 Å². The van der Waals surface area contributed by atoms with E-state index in [9.17, 15) is 4.79 Å². The summed E-state index contributed by atoms with van der Waals surface area (Å²) in [5.41, 5.74) is 5.48. The molecule has 102 valence electrons. The first kappa shape index (κ1) is 16.4. The molecule has 0 bridgehead atoms. The van der Waals surface area contributed by atoms with E-state index in [1.165, 1.54) is 19.3 Å². The van der Waals surface area contributed by atoms with Crippen molar-refractivity contribution >= 4 is 5.91 Å². The van der Waals surface area contributed by atoms with Crippen LogP contribution in [-0.2, 0) is 4.79 Å². The van der Waals surface area contributed by atoms with Gasteiger partial charge in [0.1, 0.15) is 0 Å². The van der Waals surface area contributed by atoms with Gasteiger partial charge in [-0.15, -0.1) is 0 Å². The summed E-state index contributed by atoms with van der Waals surface area (Å²) in [6.45, 7) is 7.17. The minimum absolute atomic E-state index is 0.192. The lowest BCUT2D eigenvalue weighted by atomic mass is 10.0. The maximum Gasteiger partial charge on any atom is 0.220 e. The summed E-state index contributed by atoms with van der Waals surface area (Å²) >= 11 is 0. The average Bonchev–Trinajstić information content (AvgIpc) is 2.27. The van der Waals surface area contributed by atoms with Crippen LogP contribution < -0.4 is 11.1 Å². The van der Waals surface area contributed by atoms with E-state index in [1.807, 2.05) is 0 Å². The first-order valence-electron chi connectivity index (χ1n) is 7.09. The van der Waals surface area contributed by atoms with Crippen molar-refractivity contribution in [3.63, 3.8) is 0 Å². The first-order chi connectivity index (χ1) is 8.10. The molecule has 0 aromatic heterocycles. The second-order valence-corrected chi connectivity index (χ2v) is 5.19. The van der Waals surface area contributed by atoms with E-state index < -0.39 is 0 Å². The van der Waals surface area contributed by atoms with Crippen LogP contribution in [0.25, 0.3) is 0 Å². The van der Waals surface area contributed by atoms with E-state index in [-0.39, 0.29) is 5.91 Å². The molecule has 0 heterocycles. The van der Waals surface area contributed by atoms with E-state index in [1.54, 1.807) is 0 Å². The average molecular weight is 242 g/mol. The number of unbranched alkanes of at least 4 members (excludes halogenated alkanes) is 2. The van der Waals surface area contributed by atoms with Gasteiger partial charge in [-0.2, -0.15) is 0 Å². The molecule has 0 radical (unpaired) electrons. The fourth-order valence-corrected chi connectivity index (χ4v) is 1.93. The number of carbonyl (C=O) groups excluding carboxylic acids is 1. The van der Waals surface area contributed by atoms with Crippen LogP contribution in [0, 0.1) is 5.92 Å². The van der Waals surface area contributed by atoms with Gasteiger partial charge in [0.25, 0.3) is 0 Å². The molecule has 0 aromatic carbocycles. The zero-order valence-electron chi connectivity index (χ0n) is 11.8. The van der Waals surface area contributed by atoms with E-state index in [0.29, 0.717) is 18.4 Å². The van der Waals surface area contributed by atoms with Crippen molar-refractivity contribution in [1.82, 2.24) is 5.32 Å². The lowest BCUT2D eigenvalue weighted by molar-refractivity contribution is -0.122. The SMILES string of the molecule is CCCCCC(C)NC(=O)CCC(C)CCN. The van der Waals surface area contributed by atoms with Crippen LogP contribution in [0.2, 0.25) is 0 Å². The number of carbonyl (C=O) groups is 1. The highest BCUT2D eigenvalue weighted by Crippen LogP contribution is 2.09. The van der Waals surface area contributed by atoms with Gasteiger partial charge in [0.15, 0.2) is 0 Å². The Morgan fingerprint density at radius 2 is 1.88 bits per heavy atom. The van der Waals surface area contributed by atoms with E-state index >= 15 is 0 Å². The lowest BCUT2D eigenvalue weighted by Crippen LogP contribution is -2.32. The van der Waals surface area contributed by atoms with Gasteiger partial charge in [0, 0.05) is 12.5 Å². The molecule has 0 rings (SSSR count). The van der Waals surface area contributed by atoms with Crippen molar-refractivity contribution in [3.05, 3.63) is 0 Å². The Morgan fingerprint density at radius 1 is 1.18 bits per heavy atom. The number of amides is 1. The summed E-state index contributed by atoms with van der Waals surface area (Å²) in [6, 6.07) is 0.318. The number of nitrogens with two attached hydrogens (primary N) is 1. The van der Waals surface area contributed by atoms with Crippen molar-refractivity contribution in [2.45, 2.75) is 71.8 Å². The number of hydrogen-bond acceptors (Lipinski definition) is 2. The molecule has 3 nitrogen and oxygen atoms in total. The van der Waals surface area contributed by atoms with Crippen LogP contribution in [0.5, 0.6) is 0 Å². The molecule has 0 spiro atoms. The summed E-state index contributed by atoms with van der Waals surface area (Å²) in [5.74, 6) is 0.749. The molecule has 1 amide bonds. The fraction of sp³-hybridized carbons (Fsp3) is 0.929. The van der Waals surface area contributed by atoms with Crippen molar-refractivity contribution in [1.29, 1.82) is 0 Å². The topological polar surface area (TPSA) is 55.1 Å². The fourth-order valence-electron chi connectivity index (χ4n) is 1.93. The van der Waals surface area contributed by atoms with Crippen LogP contribution in [0.4, 0.5) is 0 Å². The normalized spacial score (nSPS) is 14.4. The Hall–Kier alpha value is -0.570. The Kier molecular flexibility index (Phi) is 10.2. The minimum Gasteiger partial charge on any atom is -0.354 e. The summed E-state index contributed by atoms with van der Waals surface area (Å²) in [4.78, 5) is 11.7. The summed E-state index contributed by atoms with van der Waals surface area (Å²) in [7, 11) is 0. The first-order valence-corrected chi connectivity index (χ1v) is 7.09. The van der Waals surface area contributed by atoms with Crippen molar-refractivity contribution in [2.24, 2.45) is 11.7 Å². The van der Waals surface area contributed by atoms with Crippen molar-refractivity contribution < 1.29 is 4.79 Å². The highest BCUT2D eigenvalue weighted by atomic mass is 16.1. The molecule has 0 saturated heterocycles. The van der Waals surface area contributed by atoms with Gasteiger partial charge < -0.3 is 11.1 Å². The Balaban J connectivity index is 3.56. The molecule has 2 atom stereocenters. The lowest BCUT2D eigenvalue weighted by Gasteiger charge is -2.15. The van der Waals surface area contributed by atoms with Gasteiger partial charge in [0.2, 0.25) is 5.91 Å². The molecule has 0 aliphatic rings. The van der Waals surface area contributed by atoms with Crippen LogP contribution in [0.1, 0.15) is 65.7 Å². The molecule has 2 unspecified atom stereocenters. The molecule has 0 aromatic rings. The maximum atomic E-state index is 11.7. The van der Waals surface area contributed by atoms with Crippen LogP contribution >= 0.6 is 0 Å². The zero-order valence-corrected chi connectivity index (χ0v) is 11.8. The Morgan fingerprint density at radius 3 is 2.47 bits per heavy atom. The maximum absolute atomic E-state index is 11.7. The van der Waals surface area contributed by atoms with E-state index in [0.717, 1.165) is 25.8 Å². The predicted molar refractivity (Wildman–Crippen MR) is 73.8 cm³/mol. The monoisotopic (exact) mass is 242 g/mol. The predicted octanol–water partition coefficient (Wildman–Crippen LogP) is 2.84. The van der Waals surface area contributed by atoms with Crippen LogP contribution in [0.3, 0.4) is 0 Å². The molecule has 3 N–H and O–H groups in total. The molecular weight excluding hydrogens is 212 g/mol. The van der Waals surface area contributed by atoms with Gasteiger partial charge in [-0.25, -0.2) is 0 Å². The number of hydrogen-bond donors (Lipinski definition) is 2. The third-order valence-corrected chi connectivity index (χ3v) is 3.17. The van der Waals surface area contributed by atoms with Gasteiger partial charge in [-0.05, 0) is 38.6 Å². The minimum atomic E-state index is 0.192. The largest absolute Gasteiger partial charge is 0.354 e. The Labute approximate surface area is 107 Å². The van der Waals surface area contributed by atoms with Gasteiger partial charge in [-0.1, -0.05) is 33.1 Å². The summed E-state index contributed by atoms with van der Waals surface area (Å²) in [5, 5.41) is 3.07. The smallest absolute Gasteiger partial charge is 0.220 e. The quantitative estimate of drug-likeness (QED) is 0.579. The molecule has 3 heteroatoms.